The maximum absolute atomic E-state index is 13.0. The minimum atomic E-state index is -4.53. The van der Waals surface area contributed by atoms with E-state index >= 15 is 0 Å². The summed E-state index contributed by atoms with van der Waals surface area (Å²) in [7, 11) is 0. The van der Waals surface area contributed by atoms with Crippen LogP contribution in [-0.2, 0) is 4.79 Å². The Morgan fingerprint density at radius 1 is 1.15 bits per heavy atom. The fourth-order valence-corrected chi connectivity index (χ4v) is 2.86. The van der Waals surface area contributed by atoms with Crippen LogP contribution >= 0.6 is 0 Å². The number of hydrogen-bond donors (Lipinski definition) is 2. The molecule has 0 radical (unpaired) electrons. The normalized spacial score (nSPS) is 16.7. The highest BCUT2D eigenvalue weighted by Crippen LogP contribution is 2.35. The Morgan fingerprint density at radius 2 is 1.81 bits per heavy atom. The molecule has 0 unspecified atom stereocenters. The van der Waals surface area contributed by atoms with Gasteiger partial charge in [0.25, 0.3) is 5.91 Å². The minimum Gasteiger partial charge on any atom is -0.361 e. The summed E-state index contributed by atoms with van der Waals surface area (Å²) < 4.78 is 39.1. The number of carbonyl (C=O) groups excluding carboxylic acids is 2. The van der Waals surface area contributed by atoms with Crippen LogP contribution < -0.4 is 10.6 Å². The van der Waals surface area contributed by atoms with Crippen molar-refractivity contribution in [2.75, 3.05) is 17.2 Å². The van der Waals surface area contributed by atoms with Crippen molar-refractivity contribution >= 4 is 23.2 Å². The fourth-order valence-electron chi connectivity index (χ4n) is 2.86. The molecule has 0 aliphatic carbocycles. The Bertz CT molecular complexity index is 834. The van der Waals surface area contributed by atoms with Crippen molar-refractivity contribution in [3.63, 3.8) is 0 Å². The summed E-state index contributed by atoms with van der Waals surface area (Å²) in [5, 5.41) is 5.58. The second kappa shape index (κ2) is 6.70. The number of carbonyl (C=O) groups is 2. The number of para-hydroxylation sites is 1. The van der Waals surface area contributed by atoms with E-state index in [1.54, 1.807) is 42.5 Å². The Kier molecular flexibility index (Phi) is 4.58. The van der Waals surface area contributed by atoms with E-state index in [1.165, 1.54) is 13.0 Å². The van der Waals surface area contributed by atoms with Gasteiger partial charge in [0.15, 0.2) is 0 Å². The van der Waals surface area contributed by atoms with Crippen LogP contribution in [0.2, 0.25) is 0 Å². The van der Waals surface area contributed by atoms with E-state index in [1.807, 2.05) is 0 Å². The van der Waals surface area contributed by atoms with Crippen LogP contribution in [0.1, 0.15) is 29.0 Å². The number of amides is 2. The van der Waals surface area contributed by atoms with E-state index in [-0.39, 0.29) is 11.5 Å². The van der Waals surface area contributed by atoms with E-state index in [9.17, 15) is 22.8 Å². The molecule has 0 saturated heterocycles. The summed E-state index contributed by atoms with van der Waals surface area (Å²) >= 11 is 0. The first-order valence-corrected chi connectivity index (χ1v) is 7.85. The van der Waals surface area contributed by atoms with E-state index in [0.29, 0.717) is 16.9 Å². The van der Waals surface area contributed by atoms with E-state index in [4.69, 9.17) is 0 Å². The molecule has 2 aromatic carbocycles. The quantitative estimate of drug-likeness (QED) is 0.873. The number of rotatable bonds is 3. The van der Waals surface area contributed by atoms with Crippen LogP contribution in [0.3, 0.4) is 0 Å². The molecular weight excluding hydrogens is 347 g/mol. The highest BCUT2D eigenvalue weighted by atomic mass is 19.4. The van der Waals surface area contributed by atoms with Gasteiger partial charge in [0.2, 0.25) is 5.91 Å². The summed E-state index contributed by atoms with van der Waals surface area (Å²) in [4.78, 5) is 24.5. The van der Waals surface area contributed by atoms with Crippen molar-refractivity contribution in [1.29, 1.82) is 0 Å². The lowest BCUT2D eigenvalue weighted by Crippen LogP contribution is -2.47. The van der Waals surface area contributed by atoms with Gasteiger partial charge < -0.3 is 15.5 Å². The Balaban J connectivity index is 1.97. The number of nitrogens with zero attached hydrogens (tertiary/aromatic N) is 1. The molecule has 0 aromatic heterocycles. The average Bonchev–Trinajstić information content (AvgIpc) is 2.56. The van der Waals surface area contributed by atoms with Crippen molar-refractivity contribution in [2.24, 2.45) is 0 Å². The Hall–Kier alpha value is -3.03. The molecule has 0 spiro atoms. The first-order valence-electron chi connectivity index (χ1n) is 7.85. The zero-order chi connectivity index (χ0) is 18.9. The van der Waals surface area contributed by atoms with Gasteiger partial charge in [-0.25, -0.2) is 0 Å². The van der Waals surface area contributed by atoms with Crippen LogP contribution in [-0.4, -0.2) is 29.4 Å². The molecule has 1 aliphatic rings. The lowest BCUT2D eigenvalue weighted by molar-refractivity contribution is -0.144. The lowest BCUT2D eigenvalue weighted by atomic mass is 10.0. The minimum absolute atomic E-state index is 0.197. The van der Waals surface area contributed by atoms with Gasteiger partial charge in [0.05, 0.1) is 5.56 Å². The molecule has 1 aliphatic heterocycles. The molecule has 2 N–H and O–H groups in total. The molecule has 136 valence electrons. The molecule has 26 heavy (non-hydrogen) atoms. The van der Waals surface area contributed by atoms with Crippen molar-refractivity contribution in [3.8, 4) is 0 Å². The number of hydrogen-bond acceptors (Lipinski definition) is 3. The van der Waals surface area contributed by atoms with Gasteiger partial charge in [-0.05, 0) is 29.8 Å². The monoisotopic (exact) mass is 363 g/mol. The highest BCUT2D eigenvalue weighted by Gasteiger charge is 2.40. The molecule has 8 heteroatoms. The predicted octanol–water partition coefficient (Wildman–Crippen LogP) is 3.77. The standard InChI is InChI=1S/C18H16F3N3O2/c1-11(25)22-13-8-6-12(7-9-13)16-23-15-5-3-2-4-14(15)17(26)24(16)10-18(19,20)21/h2-9,16,23H,10H2,1H3,(H,22,25)/t16-/m0/s1. The number of halogens is 3. The summed E-state index contributed by atoms with van der Waals surface area (Å²) in [6.45, 7) is -0.0114. The third-order valence-electron chi connectivity index (χ3n) is 3.92. The van der Waals surface area contributed by atoms with Crippen LogP contribution in [0.5, 0.6) is 0 Å². The first-order chi connectivity index (χ1) is 12.2. The predicted molar refractivity (Wildman–Crippen MR) is 90.6 cm³/mol. The van der Waals surface area contributed by atoms with Crippen molar-refractivity contribution in [3.05, 3.63) is 59.7 Å². The number of fused-ring (bicyclic) bond motifs is 1. The van der Waals surface area contributed by atoms with Crippen LogP contribution in [0.4, 0.5) is 24.5 Å². The van der Waals surface area contributed by atoms with Gasteiger partial charge >= 0.3 is 6.18 Å². The number of nitrogens with one attached hydrogen (secondary N) is 2. The van der Waals surface area contributed by atoms with Gasteiger partial charge in [-0.3, -0.25) is 9.59 Å². The molecule has 0 fully saturated rings. The summed E-state index contributed by atoms with van der Waals surface area (Å²) in [5.41, 5.74) is 1.67. The van der Waals surface area contributed by atoms with Crippen LogP contribution in [0.25, 0.3) is 0 Å². The topological polar surface area (TPSA) is 61.4 Å². The third kappa shape index (κ3) is 3.79. The largest absolute Gasteiger partial charge is 0.406 e. The molecule has 1 atom stereocenters. The molecule has 2 amide bonds. The fraction of sp³-hybridized carbons (Fsp3) is 0.222. The van der Waals surface area contributed by atoms with E-state index in [2.05, 4.69) is 10.6 Å². The summed E-state index contributed by atoms with van der Waals surface area (Å²) in [6, 6.07) is 12.8. The summed E-state index contributed by atoms with van der Waals surface area (Å²) in [6.07, 6.45) is -5.50. The average molecular weight is 363 g/mol. The van der Waals surface area contributed by atoms with Crippen LogP contribution in [0, 0.1) is 0 Å². The highest BCUT2D eigenvalue weighted by molar-refractivity contribution is 6.01. The van der Waals surface area contributed by atoms with Gasteiger partial charge in [-0.2, -0.15) is 13.2 Å². The first kappa shape index (κ1) is 17.8. The number of benzene rings is 2. The number of alkyl halides is 3. The van der Waals surface area contributed by atoms with Crippen LogP contribution in [0.15, 0.2) is 48.5 Å². The SMILES string of the molecule is CC(=O)Nc1ccc([C@H]2Nc3ccccc3C(=O)N2CC(F)(F)F)cc1. The van der Waals surface area contributed by atoms with Crippen molar-refractivity contribution in [1.82, 2.24) is 4.90 Å². The molecule has 1 heterocycles. The maximum Gasteiger partial charge on any atom is 0.406 e. The number of anilines is 2. The maximum atomic E-state index is 13.0. The smallest absolute Gasteiger partial charge is 0.361 e. The van der Waals surface area contributed by atoms with E-state index < -0.39 is 24.8 Å². The second-order valence-corrected chi connectivity index (χ2v) is 5.94. The van der Waals surface area contributed by atoms with Gasteiger partial charge in [0.1, 0.15) is 12.7 Å². The van der Waals surface area contributed by atoms with Crippen molar-refractivity contribution < 1.29 is 22.8 Å². The summed E-state index contributed by atoms with van der Waals surface area (Å²) in [5.74, 6) is -0.941. The zero-order valence-electron chi connectivity index (χ0n) is 13.8. The van der Waals surface area contributed by atoms with Gasteiger partial charge in [-0.1, -0.05) is 24.3 Å². The van der Waals surface area contributed by atoms with Crippen molar-refractivity contribution in [2.45, 2.75) is 19.3 Å². The molecule has 0 bridgehead atoms. The molecule has 5 nitrogen and oxygen atoms in total. The third-order valence-corrected chi connectivity index (χ3v) is 3.92. The zero-order valence-corrected chi connectivity index (χ0v) is 13.8. The second-order valence-electron chi connectivity index (χ2n) is 5.94. The molecule has 3 rings (SSSR count). The van der Waals surface area contributed by atoms with Gasteiger partial charge in [0, 0.05) is 18.3 Å². The van der Waals surface area contributed by atoms with Gasteiger partial charge in [-0.15, -0.1) is 0 Å². The molecule has 2 aromatic rings. The molecule has 0 saturated carbocycles. The van der Waals surface area contributed by atoms with E-state index in [0.717, 1.165) is 4.90 Å². The Labute approximate surface area is 147 Å². The lowest BCUT2D eigenvalue weighted by Gasteiger charge is -2.38. The molecular formula is C18H16F3N3O2. The Morgan fingerprint density at radius 3 is 2.42 bits per heavy atom.